The molecule has 0 saturated heterocycles. The van der Waals surface area contributed by atoms with Gasteiger partial charge in [-0.2, -0.15) is 0 Å². The number of anilines is 1. The first-order chi connectivity index (χ1) is 13.3. The van der Waals surface area contributed by atoms with Crippen molar-refractivity contribution in [2.24, 2.45) is 0 Å². The van der Waals surface area contributed by atoms with Gasteiger partial charge in [0.1, 0.15) is 5.75 Å². The van der Waals surface area contributed by atoms with Gasteiger partial charge in [-0.25, -0.2) is 4.79 Å². The molecule has 0 fully saturated rings. The second-order valence-corrected chi connectivity index (χ2v) is 7.24. The van der Waals surface area contributed by atoms with E-state index in [1.54, 1.807) is 12.1 Å². The van der Waals surface area contributed by atoms with Gasteiger partial charge in [-0.3, -0.25) is 4.79 Å². The fourth-order valence-corrected chi connectivity index (χ4v) is 2.50. The molecule has 6 nitrogen and oxygen atoms in total. The Labute approximate surface area is 166 Å². The first-order valence-electron chi connectivity index (χ1n) is 9.49. The highest BCUT2D eigenvalue weighted by molar-refractivity contribution is 5.89. The standard InChI is InChI=1S/C22H29N3O3/c1-15(2)18-6-5-7-20(12-18)28-14-21(26)23-13-17-8-10-19(11-9-17)25-22(27)24-16(3)4/h5-12,15-16H,13-14H2,1-4H3,(H,23,26)(H2,24,25,27). The molecule has 0 saturated carbocycles. The summed E-state index contributed by atoms with van der Waals surface area (Å²) >= 11 is 0. The Morgan fingerprint density at radius 1 is 1.00 bits per heavy atom. The molecule has 2 rings (SSSR count). The van der Waals surface area contributed by atoms with E-state index in [1.165, 1.54) is 5.56 Å². The number of hydrogen-bond acceptors (Lipinski definition) is 3. The van der Waals surface area contributed by atoms with Gasteiger partial charge >= 0.3 is 6.03 Å². The molecule has 28 heavy (non-hydrogen) atoms. The van der Waals surface area contributed by atoms with E-state index in [1.807, 2.05) is 50.2 Å². The highest BCUT2D eigenvalue weighted by atomic mass is 16.5. The van der Waals surface area contributed by atoms with Gasteiger partial charge in [-0.1, -0.05) is 38.1 Å². The molecule has 0 aliphatic rings. The van der Waals surface area contributed by atoms with Crippen molar-refractivity contribution in [3.63, 3.8) is 0 Å². The van der Waals surface area contributed by atoms with Crippen LogP contribution in [0.4, 0.5) is 10.5 Å². The van der Waals surface area contributed by atoms with Crippen LogP contribution in [0.3, 0.4) is 0 Å². The second kappa shape index (κ2) is 10.3. The number of urea groups is 1. The third-order valence-electron chi connectivity index (χ3n) is 4.02. The first-order valence-corrected chi connectivity index (χ1v) is 9.49. The van der Waals surface area contributed by atoms with Crippen LogP contribution in [-0.4, -0.2) is 24.6 Å². The van der Waals surface area contributed by atoms with Crippen LogP contribution in [0.15, 0.2) is 48.5 Å². The molecule has 0 heterocycles. The van der Waals surface area contributed by atoms with Crippen LogP contribution in [0.1, 0.15) is 44.7 Å². The summed E-state index contributed by atoms with van der Waals surface area (Å²) in [4.78, 5) is 23.7. The zero-order chi connectivity index (χ0) is 20.5. The second-order valence-electron chi connectivity index (χ2n) is 7.24. The van der Waals surface area contributed by atoms with Crippen LogP contribution in [0, 0.1) is 0 Å². The van der Waals surface area contributed by atoms with Crippen molar-refractivity contribution in [2.45, 2.75) is 46.2 Å². The summed E-state index contributed by atoms with van der Waals surface area (Å²) in [5.41, 5.74) is 2.81. The van der Waals surface area contributed by atoms with Crippen molar-refractivity contribution in [3.8, 4) is 5.75 Å². The lowest BCUT2D eigenvalue weighted by Gasteiger charge is -2.11. The summed E-state index contributed by atoms with van der Waals surface area (Å²) in [6.45, 7) is 8.39. The maximum atomic E-state index is 12.0. The Bertz CT molecular complexity index is 786. The average molecular weight is 383 g/mol. The predicted molar refractivity (Wildman–Crippen MR) is 112 cm³/mol. The average Bonchev–Trinajstić information content (AvgIpc) is 2.65. The molecule has 0 aromatic heterocycles. The molecule has 3 N–H and O–H groups in total. The van der Waals surface area contributed by atoms with Gasteiger partial charge < -0.3 is 20.7 Å². The summed E-state index contributed by atoms with van der Waals surface area (Å²) in [5, 5.41) is 8.35. The fourth-order valence-electron chi connectivity index (χ4n) is 2.50. The third-order valence-corrected chi connectivity index (χ3v) is 4.02. The molecule has 0 aliphatic heterocycles. The van der Waals surface area contributed by atoms with E-state index in [9.17, 15) is 9.59 Å². The zero-order valence-corrected chi connectivity index (χ0v) is 16.9. The normalized spacial score (nSPS) is 10.6. The van der Waals surface area contributed by atoms with Gasteiger partial charge in [0, 0.05) is 18.3 Å². The number of carbonyl (C=O) groups is 2. The molecule has 0 unspecified atom stereocenters. The minimum Gasteiger partial charge on any atom is -0.484 e. The quantitative estimate of drug-likeness (QED) is 0.644. The molecule has 2 aromatic rings. The Morgan fingerprint density at radius 3 is 2.36 bits per heavy atom. The van der Waals surface area contributed by atoms with E-state index in [2.05, 4.69) is 29.8 Å². The van der Waals surface area contributed by atoms with E-state index < -0.39 is 0 Å². The number of hydrogen-bond donors (Lipinski definition) is 3. The lowest BCUT2D eigenvalue weighted by atomic mass is 10.0. The van der Waals surface area contributed by atoms with E-state index in [-0.39, 0.29) is 24.6 Å². The Morgan fingerprint density at radius 2 is 1.71 bits per heavy atom. The van der Waals surface area contributed by atoms with Crippen molar-refractivity contribution in [1.29, 1.82) is 0 Å². The van der Waals surface area contributed by atoms with Crippen LogP contribution in [0.2, 0.25) is 0 Å². The van der Waals surface area contributed by atoms with Crippen LogP contribution >= 0.6 is 0 Å². The largest absolute Gasteiger partial charge is 0.484 e. The molecule has 0 atom stereocenters. The fraction of sp³-hybridized carbons (Fsp3) is 0.364. The predicted octanol–water partition coefficient (Wildman–Crippen LogP) is 4.04. The maximum Gasteiger partial charge on any atom is 0.319 e. The highest BCUT2D eigenvalue weighted by Gasteiger charge is 2.06. The van der Waals surface area contributed by atoms with Gasteiger partial charge in [-0.15, -0.1) is 0 Å². The van der Waals surface area contributed by atoms with Gasteiger partial charge in [0.2, 0.25) is 0 Å². The number of rotatable bonds is 8. The summed E-state index contributed by atoms with van der Waals surface area (Å²) < 4.78 is 5.58. The Balaban J connectivity index is 1.76. The zero-order valence-electron chi connectivity index (χ0n) is 16.9. The van der Waals surface area contributed by atoms with Crippen LogP contribution in [0.25, 0.3) is 0 Å². The summed E-state index contributed by atoms with van der Waals surface area (Å²) in [6.07, 6.45) is 0. The lowest BCUT2D eigenvalue weighted by molar-refractivity contribution is -0.123. The van der Waals surface area contributed by atoms with Crippen molar-refractivity contribution < 1.29 is 14.3 Å². The molecule has 0 bridgehead atoms. The molecule has 0 spiro atoms. The molecule has 2 aromatic carbocycles. The third kappa shape index (κ3) is 7.31. The molecule has 3 amide bonds. The number of amides is 3. The molecular weight excluding hydrogens is 354 g/mol. The monoisotopic (exact) mass is 383 g/mol. The van der Waals surface area contributed by atoms with Crippen LogP contribution in [0.5, 0.6) is 5.75 Å². The molecule has 6 heteroatoms. The van der Waals surface area contributed by atoms with E-state index >= 15 is 0 Å². The van der Waals surface area contributed by atoms with E-state index in [0.717, 1.165) is 5.56 Å². The molecule has 0 aliphatic carbocycles. The van der Waals surface area contributed by atoms with Crippen molar-refractivity contribution in [2.75, 3.05) is 11.9 Å². The SMILES string of the molecule is CC(C)NC(=O)Nc1ccc(CNC(=O)COc2cccc(C(C)C)c2)cc1. The van der Waals surface area contributed by atoms with Crippen molar-refractivity contribution in [1.82, 2.24) is 10.6 Å². The van der Waals surface area contributed by atoms with Gasteiger partial charge in [0.05, 0.1) is 0 Å². The number of carbonyl (C=O) groups excluding carboxylic acids is 2. The number of benzene rings is 2. The minimum absolute atomic E-state index is 0.0312. The number of nitrogens with one attached hydrogen (secondary N) is 3. The maximum absolute atomic E-state index is 12.0. The summed E-state index contributed by atoms with van der Waals surface area (Å²) in [5.74, 6) is 0.913. The molecular formula is C22H29N3O3. The van der Waals surface area contributed by atoms with Crippen molar-refractivity contribution >= 4 is 17.6 Å². The number of ether oxygens (including phenoxy) is 1. The summed E-state index contributed by atoms with van der Waals surface area (Å²) in [6, 6.07) is 14.9. The van der Waals surface area contributed by atoms with Crippen LogP contribution < -0.4 is 20.7 Å². The van der Waals surface area contributed by atoms with Crippen molar-refractivity contribution in [3.05, 3.63) is 59.7 Å². The Hall–Kier alpha value is -3.02. The van der Waals surface area contributed by atoms with Gasteiger partial charge in [0.25, 0.3) is 5.91 Å². The first kappa shape index (κ1) is 21.3. The topological polar surface area (TPSA) is 79.5 Å². The minimum atomic E-state index is -0.241. The van der Waals surface area contributed by atoms with Gasteiger partial charge in [0.15, 0.2) is 6.61 Å². The smallest absolute Gasteiger partial charge is 0.319 e. The molecule has 150 valence electrons. The van der Waals surface area contributed by atoms with E-state index in [4.69, 9.17) is 4.74 Å². The van der Waals surface area contributed by atoms with Gasteiger partial charge in [-0.05, 0) is 55.2 Å². The van der Waals surface area contributed by atoms with Crippen LogP contribution in [-0.2, 0) is 11.3 Å². The Kier molecular flexibility index (Phi) is 7.87. The molecule has 0 radical (unpaired) electrons. The summed E-state index contributed by atoms with van der Waals surface area (Å²) in [7, 11) is 0. The lowest BCUT2D eigenvalue weighted by Crippen LogP contribution is -2.34. The van der Waals surface area contributed by atoms with E-state index in [0.29, 0.717) is 23.9 Å². The highest BCUT2D eigenvalue weighted by Crippen LogP contribution is 2.20.